The van der Waals surface area contributed by atoms with Crippen molar-refractivity contribution in [3.8, 4) is 5.75 Å². The molecular weight excluding hydrogens is 196 g/mol. The molecule has 0 aromatic heterocycles. The number of aliphatic hydroxyl groups is 1. The van der Waals surface area contributed by atoms with Gasteiger partial charge in [0.05, 0.1) is 7.11 Å². The van der Waals surface area contributed by atoms with Crippen molar-refractivity contribution in [2.24, 2.45) is 5.92 Å². The van der Waals surface area contributed by atoms with Crippen molar-refractivity contribution in [1.29, 1.82) is 0 Å². The fraction of sp³-hybridized carbons (Fsp3) is 0.455. The SMILES string of the molecule is COc1ccc(C(S)C(C)CO)cc1. The first-order valence-electron chi connectivity index (χ1n) is 4.62. The molecular formula is C11H16O2S. The molecule has 0 aliphatic carbocycles. The molecule has 3 heteroatoms. The van der Waals surface area contributed by atoms with Crippen LogP contribution in [0.5, 0.6) is 5.75 Å². The van der Waals surface area contributed by atoms with Crippen LogP contribution in [-0.4, -0.2) is 18.8 Å². The van der Waals surface area contributed by atoms with Crippen molar-refractivity contribution in [2.75, 3.05) is 13.7 Å². The maximum atomic E-state index is 8.99. The molecule has 1 aromatic rings. The summed E-state index contributed by atoms with van der Waals surface area (Å²) in [5.74, 6) is 0.998. The van der Waals surface area contributed by atoms with E-state index in [0.29, 0.717) is 0 Å². The second kappa shape index (κ2) is 5.27. The Balaban J connectivity index is 2.75. The molecule has 1 N–H and O–H groups in total. The average Bonchev–Trinajstić information content (AvgIpc) is 2.27. The molecule has 0 radical (unpaired) electrons. The van der Waals surface area contributed by atoms with E-state index in [9.17, 15) is 0 Å². The van der Waals surface area contributed by atoms with Gasteiger partial charge in [-0.1, -0.05) is 19.1 Å². The molecule has 0 spiro atoms. The lowest BCUT2D eigenvalue weighted by Gasteiger charge is -2.17. The molecule has 2 unspecified atom stereocenters. The molecule has 0 aliphatic rings. The summed E-state index contributed by atoms with van der Waals surface area (Å²) in [6, 6.07) is 7.76. The monoisotopic (exact) mass is 212 g/mol. The van der Waals surface area contributed by atoms with E-state index in [0.717, 1.165) is 11.3 Å². The van der Waals surface area contributed by atoms with Gasteiger partial charge in [0.2, 0.25) is 0 Å². The summed E-state index contributed by atoms with van der Waals surface area (Å²) in [6.45, 7) is 2.13. The Bertz CT molecular complexity index is 271. The zero-order valence-corrected chi connectivity index (χ0v) is 9.37. The maximum Gasteiger partial charge on any atom is 0.118 e. The van der Waals surface area contributed by atoms with Crippen LogP contribution in [0, 0.1) is 5.92 Å². The number of benzene rings is 1. The van der Waals surface area contributed by atoms with Gasteiger partial charge < -0.3 is 9.84 Å². The molecule has 1 aromatic carbocycles. The Hall–Kier alpha value is -0.670. The highest BCUT2D eigenvalue weighted by Crippen LogP contribution is 2.29. The number of ether oxygens (including phenoxy) is 1. The highest BCUT2D eigenvalue weighted by molar-refractivity contribution is 7.80. The van der Waals surface area contributed by atoms with Crippen LogP contribution in [0.2, 0.25) is 0 Å². The number of rotatable bonds is 4. The standard InChI is InChI=1S/C11H16O2S/c1-8(7-12)11(14)9-3-5-10(13-2)6-4-9/h3-6,8,11-12,14H,7H2,1-2H3. The van der Waals surface area contributed by atoms with Crippen LogP contribution >= 0.6 is 12.6 Å². The summed E-state index contributed by atoms with van der Waals surface area (Å²) >= 11 is 4.46. The summed E-state index contributed by atoms with van der Waals surface area (Å²) in [4.78, 5) is 0. The largest absolute Gasteiger partial charge is 0.497 e. The first-order valence-corrected chi connectivity index (χ1v) is 5.13. The molecule has 0 bridgehead atoms. The summed E-state index contributed by atoms with van der Waals surface area (Å²) < 4.78 is 5.06. The van der Waals surface area contributed by atoms with E-state index in [1.54, 1.807) is 7.11 Å². The van der Waals surface area contributed by atoms with Crippen LogP contribution in [0.3, 0.4) is 0 Å². The van der Waals surface area contributed by atoms with Crippen LogP contribution in [0.1, 0.15) is 17.7 Å². The normalized spacial score (nSPS) is 14.9. The molecule has 0 fully saturated rings. The third-order valence-corrected chi connectivity index (χ3v) is 3.09. The van der Waals surface area contributed by atoms with E-state index in [1.807, 2.05) is 31.2 Å². The molecule has 0 saturated carbocycles. The minimum Gasteiger partial charge on any atom is -0.497 e. The van der Waals surface area contributed by atoms with E-state index in [2.05, 4.69) is 12.6 Å². The smallest absolute Gasteiger partial charge is 0.118 e. The van der Waals surface area contributed by atoms with Crippen molar-refractivity contribution in [3.05, 3.63) is 29.8 Å². The van der Waals surface area contributed by atoms with Crippen molar-refractivity contribution in [3.63, 3.8) is 0 Å². The summed E-state index contributed by atoms with van der Waals surface area (Å²) in [5, 5.41) is 9.07. The van der Waals surface area contributed by atoms with E-state index in [4.69, 9.17) is 9.84 Å². The second-order valence-corrected chi connectivity index (χ2v) is 3.93. The van der Waals surface area contributed by atoms with Crippen molar-refractivity contribution in [1.82, 2.24) is 0 Å². The predicted octanol–water partition coefficient (Wildman–Crippen LogP) is 2.29. The number of aliphatic hydroxyl groups excluding tert-OH is 1. The van der Waals surface area contributed by atoms with Gasteiger partial charge >= 0.3 is 0 Å². The number of methoxy groups -OCH3 is 1. The van der Waals surface area contributed by atoms with Crippen molar-refractivity contribution < 1.29 is 9.84 Å². The lowest BCUT2D eigenvalue weighted by Crippen LogP contribution is -2.08. The quantitative estimate of drug-likeness (QED) is 0.750. The van der Waals surface area contributed by atoms with Crippen LogP contribution in [-0.2, 0) is 0 Å². The van der Waals surface area contributed by atoms with E-state index in [1.165, 1.54) is 0 Å². The van der Waals surface area contributed by atoms with Gasteiger partial charge in [0.1, 0.15) is 5.75 Å². The number of thiol groups is 1. The van der Waals surface area contributed by atoms with Crippen LogP contribution in [0.15, 0.2) is 24.3 Å². The summed E-state index contributed by atoms with van der Waals surface area (Å²) in [7, 11) is 1.64. The van der Waals surface area contributed by atoms with Gasteiger partial charge in [-0.3, -0.25) is 0 Å². The summed E-state index contributed by atoms with van der Waals surface area (Å²) in [5.41, 5.74) is 1.11. The molecule has 0 saturated heterocycles. The lowest BCUT2D eigenvalue weighted by atomic mass is 10.0. The topological polar surface area (TPSA) is 29.5 Å². The van der Waals surface area contributed by atoms with Gasteiger partial charge in [0, 0.05) is 11.9 Å². The van der Waals surface area contributed by atoms with Crippen LogP contribution in [0.4, 0.5) is 0 Å². The Labute approximate surface area is 90.3 Å². The molecule has 2 nitrogen and oxygen atoms in total. The molecule has 14 heavy (non-hydrogen) atoms. The van der Waals surface area contributed by atoms with Gasteiger partial charge in [-0.05, 0) is 23.6 Å². The Morgan fingerprint density at radius 3 is 2.36 bits per heavy atom. The molecule has 2 atom stereocenters. The molecule has 78 valence electrons. The van der Waals surface area contributed by atoms with E-state index in [-0.39, 0.29) is 17.8 Å². The fourth-order valence-corrected chi connectivity index (χ4v) is 1.50. The molecule has 0 amide bonds. The average molecular weight is 212 g/mol. The first-order chi connectivity index (χ1) is 6.69. The van der Waals surface area contributed by atoms with Crippen LogP contribution < -0.4 is 4.74 Å². The second-order valence-electron chi connectivity index (χ2n) is 3.38. The third kappa shape index (κ3) is 2.66. The Morgan fingerprint density at radius 1 is 1.36 bits per heavy atom. The predicted molar refractivity (Wildman–Crippen MR) is 61.0 cm³/mol. The first kappa shape index (κ1) is 11.4. The highest BCUT2D eigenvalue weighted by Gasteiger charge is 2.13. The Kier molecular flexibility index (Phi) is 4.29. The minimum absolute atomic E-state index is 0.0749. The lowest BCUT2D eigenvalue weighted by molar-refractivity contribution is 0.235. The molecule has 0 aliphatic heterocycles. The number of hydrogen-bond acceptors (Lipinski definition) is 3. The third-order valence-electron chi connectivity index (χ3n) is 2.28. The zero-order valence-electron chi connectivity index (χ0n) is 8.47. The van der Waals surface area contributed by atoms with Crippen molar-refractivity contribution >= 4 is 12.6 Å². The maximum absolute atomic E-state index is 8.99. The zero-order chi connectivity index (χ0) is 10.6. The van der Waals surface area contributed by atoms with Crippen molar-refractivity contribution in [2.45, 2.75) is 12.2 Å². The molecule has 0 heterocycles. The Morgan fingerprint density at radius 2 is 1.93 bits per heavy atom. The van der Waals surface area contributed by atoms with Crippen LogP contribution in [0.25, 0.3) is 0 Å². The minimum atomic E-state index is 0.0749. The van der Waals surface area contributed by atoms with Gasteiger partial charge in [-0.15, -0.1) is 0 Å². The van der Waals surface area contributed by atoms with Gasteiger partial charge in [0.25, 0.3) is 0 Å². The van der Waals surface area contributed by atoms with Gasteiger partial charge in [-0.25, -0.2) is 0 Å². The van der Waals surface area contributed by atoms with E-state index >= 15 is 0 Å². The van der Waals surface area contributed by atoms with E-state index < -0.39 is 0 Å². The fourth-order valence-electron chi connectivity index (χ4n) is 1.23. The summed E-state index contributed by atoms with van der Waals surface area (Å²) in [6.07, 6.45) is 0. The van der Waals surface area contributed by atoms with Gasteiger partial charge in [-0.2, -0.15) is 12.6 Å². The highest BCUT2D eigenvalue weighted by atomic mass is 32.1. The van der Waals surface area contributed by atoms with Gasteiger partial charge in [0.15, 0.2) is 0 Å². The number of hydrogen-bond donors (Lipinski definition) is 2. The molecule has 1 rings (SSSR count).